The van der Waals surface area contributed by atoms with Crippen molar-refractivity contribution in [2.75, 3.05) is 0 Å². The normalized spacial score (nSPS) is 17.2. The van der Waals surface area contributed by atoms with Crippen LogP contribution in [0.25, 0.3) is 0 Å². The smallest absolute Gasteiger partial charge is 0.304 e. The van der Waals surface area contributed by atoms with Crippen molar-refractivity contribution in [1.29, 1.82) is 0 Å². The van der Waals surface area contributed by atoms with Crippen LogP contribution in [0.1, 0.15) is 30.4 Å². The number of aliphatic carboxylic acids is 1. The summed E-state index contributed by atoms with van der Waals surface area (Å²) >= 11 is 0. The largest absolute Gasteiger partial charge is 0.481 e. The Hall–Kier alpha value is -1.45. The van der Waals surface area contributed by atoms with E-state index in [2.05, 4.69) is 0 Å². The van der Waals surface area contributed by atoms with Gasteiger partial charge < -0.3 is 5.11 Å². The fourth-order valence-electron chi connectivity index (χ4n) is 2.05. The highest BCUT2D eigenvalue weighted by Crippen LogP contribution is 2.52. The van der Waals surface area contributed by atoms with E-state index in [9.17, 15) is 13.6 Å². The molecule has 1 aliphatic rings. The minimum atomic E-state index is -0.945. The van der Waals surface area contributed by atoms with Crippen LogP contribution < -0.4 is 0 Å². The van der Waals surface area contributed by atoms with Crippen LogP contribution in [0, 0.1) is 18.6 Å². The number of hydrogen-bond donors (Lipinski definition) is 1. The maximum Gasteiger partial charge on any atom is 0.304 e. The van der Waals surface area contributed by atoms with Gasteiger partial charge in [-0.15, -0.1) is 0 Å². The van der Waals surface area contributed by atoms with Gasteiger partial charge in [0.25, 0.3) is 0 Å². The molecule has 4 heteroatoms. The standard InChI is InChI=1S/C12H12F2O2/c1-7-9(13)3-2-8(11(7)14)12(4-5-12)6-10(15)16/h2-3H,4-6H2,1H3,(H,15,16). The Morgan fingerprint density at radius 3 is 2.56 bits per heavy atom. The van der Waals surface area contributed by atoms with Gasteiger partial charge in [-0.2, -0.15) is 0 Å². The highest BCUT2D eigenvalue weighted by molar-refractivity contribution is 5.70. The van der Waals surface area contributed by atoms with E-state index in [0.29, 0.717) is 18.4 Å². The van der Waals surface area contributed by atoms with Crippen molar-refractivity contribution in [3.05, 3.63) is 34.9 Å². The first-order valence-corrected chi connectivity index (χ1v) is 5.13. The third kappa shape index (κ3) is 1.68. The Morgan fingerprint density at radius 1 is 1.44 bits per heavy atom. The molecule has 1 aromatic rings. The lowest BCUT2D eigenvalue weighted by Crippen LogP contribution is -2.15. The van der Waals surface area contributed by atoms with Gasteiger partial charge in [0.1, 0.15) is 11.6 Å². The van der Waals surface area contributed by atoms with Gasteiger partial charge in [-0.05, 0) is 31.4 Å². The van der Waals surface area contributed by atoms with Crippen LogP contribution in [0.15, 0.2) is 12.1 Å². The van der Waals surface area contributed by atoms with Crippen LogP contribution in [0.4, 0.5) is 8.78 Å². The summed E-state index contributed by atoms with van der Waals surface area (Å²) in [7, 11) is 0. The number of rotatable bonds is 3. The fourth-order valence-corrected chi connectivity index (χ4v) is 2.05. The highest BCUT2D eigenvalue weighted by atomic mass is 19.1. The van der Waals surface area contributed by atoms with Gasteiger partial charge in [-0.25, -0.2) is 8.78 Å². The zero-order chi connectivity index (χ0) is 11.9. The molecule has 1 saturated carbocycles. The highest BCUT2D eigenvalue weighted by Gasteiger charge is 2.47. The molecule has 0 radical (unpaired) electrons. The van der Waals surface area contributed by atoms with Crippen molar-refractivity contribution in [3.63, 3.8) is 0 Å². The Kier molecular flexibility index (Phi) is 2.45. The molecule has 0 aromatic heterocycles. The van der Waals surface area contributed by atoms with Crippen molar-refractivity contribution < 1.29 is 18.7 Å². The van der Waals surface area contributed by atoms with Gasteiger partial charge in [0.05, 0.1) is 6.42 Å². The maximum absolute atomic E-state index is 13.8. The summed E-state index contributed by atoms with van der Waals surface area (Å²) in [6.07, 6.45) is 1.22. The minimum absolute atomic E-state index is 0.0332. The fraction of sp³-hybridized carbons (Fsp3) is 0.417. The number of hydrogen-bond acceptors (Lipinski definition) is 1. The van der Waals surface area contributed by atoms with Crippen molar-refractivity contribution in [2.45, 2.75) is 31.6 Å². The second kappa shape index (κ2) is 3.54. The molecule has 1 aliphatic carbocycles. The first-order chi connectivity index (χ1) is 7.46. The van der Waals surface area contributed by atoms with Gasteiger partial charge in [0.15, 0.2) is 0 Å². The van der Waals surface area contributed by atoms with Gasteiger partial charge in [-0.1, -0.05) is 6.07 Å². The molecule has 86 valence electrons. The molecule has 2 nitrogen and oxygen atoms in total. The molecule has 1 N–H and O–H groups in total. The maximum atomic E-state index is 13.8. The van der Waals surface area contributed by atoms with Crippen molar-refractivity contribution in [1.82, 2.24) is 0 Å². The third-order valence-electron chi connectivity index (χ3n) is 3.23. The van der Waals surface area contributed by atoms with E-state index < -0.39 is 23.0 Å². The monoisotopic (exact) mass is 226 g/mol. The molecule has 0 atom stereocenters. The molecule has 0 aliphatic heterocycles. The second-order valence-electron chi connectivity index (χ2n) is 4.38. The number of carboxylic acids is 1. The molecule has 0 amide bonds. The Labute approximate surface area is 91.9 Å². The number of halogens is 2. The van der Waals surface area contributed by atoms with E-state index in [0.717, 1.165) is 0 Å². The van der Waals surface area contributed by atoms with E-state index in [-0.39, 0.29) is 12.0 Å². The average molecular weight is 226 g/mol. The molecule has 1 fully saturated rings. The van der Waals surface area contributed by atoms with Crippen molar-refractivity contribution in [2.24, 2.45) is 0 Å². The summed E-state index contributed by atoms with van der Waals surface area (Å²) < 4.78 is 26.9. The SMILES string of the molecule is Cc1c(F)ccc(C2(CC(=O)O)CC2)c1F. The lowest BCUT2D eigenvalue weighted by atomic mass is 9.90. The zero-order valence-electron chi connectivity index (χ0n) is 8.89. The van der Waals surface area contributed by atoms with Crippen LogP contribution in [0.3, 0.4) is 0 Å². The molecule has 16 heavy (non-hydrogen) atoms. The predicted octanol–water partition coefficient (Wildman–Crippen LogP) is 2.78. The molecule has 0 bridgehead atoms. The molecule has 1 aromatic carbocycles. The van der Waals surface area contributed by atoms with Crippen LogP contribution in [-0.4, -0.2) is 11.1 Å². The Bertz CT molecular complexity index is 451. The van der Waals surface area contributed by atoms with Gasteiger partial charge in [0.2, 0.25) is 0 Å². The van der Waals surface area contributed by atoms with Crippen molar-refractivity contribution >= 4 is 5.97 Å². The van der Waals surface area contributed by atoms with E-state index >= 15 is 0 Å². The lowest BCUT2D eigenvalue weighted by Gasteiger charge is -2.15. The molecular weight excluding hydrogens is 214 g/mol. The summed E-state index contributed by atoms with van der Waals surface area (Å²) in [6.45, 7) is 1.37. The van der Waals surface area contributed by atoms with Crippen molar-refractivity contribution in [3.8, 4) is 0 Å². The van der Waals surface area contributed by atoms with Crippen LogP contribution in [0.2, 0.25) is 0 Å². The van der Waals surface area contributed by atoms with Crippen LogP contribution in [0.5, 0.6) is 0 Å². The predicted molar refractivity (Wildman–Crippen MR) is 54.3 cm³/mol. The quantitative estimate of drug-likeness (QED) is 0.860. The molecule has 0 heterocycles. The van der Waals surface area contributed by atoms with Gasteiger partial charge >= 0.3 is 5.97 Å². The number of carbonyl (C=O) groups is 1. The summed E-state index contributed by atoms with van der Waals surface area (Å²) in [5.74, 6) is -2.13. The molecule has 0 spiro atoms. The van der Waals surface area contributed by atoms with Gasteiger partial charge in [0, 0.05) is 11.0 Å². The van der Waals surface area contributed by atoms with Crippen LogP contribution >= 0.6 is 0 Å². The third-order valence-corrected chi connectivity index (χ3v) is 3.23. The molecule has 0 unspecified atom stereocenters. The topological polar surface area (TPSA) is 37.3 Å². The number of benzene rings is 1. The van der Waals surface area contributed by atoms with E-state index in [1.807, 2.05) is 0 Å². The molecule has 0 saturated heterocycles. The zero-order valence-corrected chi connectivity index (χ0v) is 8.89. The van der Waals surface area contributed by atoms with Crippen LogP contribution in [-0.2, 0) is 10.2 Å². The average Bonchev–Trinajstić information content (AvgIpc) is 2.94. The Morgan fingerprint density at radius 2 is 2.06 bits per heavy atom. The first-order valence-electron chi connectivity index (χ1n) is 5.13. The Balaban J connectivity index is 2.42. The summed E-state index contributed by atoms with van der Waals surface area (Å²) in [4.78, 5) is 10.7. The molecular formula is C12H12F2O2. The summed E-state index contributed by atoms with van der Waals surface area (Å²) in [6, 6.07) is 2.57. The molecule has 2 rings (SSSR count). The first kappa shape index (κ1) is 11.0. The second-order valence-corrected chi connectivity index (χ2v) is 4.38. The lowest BCUT2D eigenvalue weighted by molar-refractivity contribution is -0.137. The summed E-state index contributed by atoms with van der Waals surface area (Å²) in [5, 5.41) is 8.77. The summed E-state index contributed by atoms with van der Waals surface area (Å²) in [5.41, 5.74) is -0.295. The van der Waals surface area contributed by atoms with Gasteiger partial charge in [-0.3, -0.25) is 4.79 Å². The van der Waals surface area contributed by atoms with E-state index in [1.54, 1.807) is 0 Å². The van der Waals surface area contributed by atoms with E-state index in [4.69, 9.17) is 5.11 Å². The number of carboxylic acid groups (broad SMARTS) is 1. The van der Waals surface area contributed by atoms with E-state index in [1.165, 1.54) is 19.1 Å². The minimum Gasteiger partial charge on any atom is -0.481 e.